The van der Waals surface area contributed by atoms with E-state index in [-0.39, 0.29) is 0 Å². The summed E-state index contributed by atoms with van der Waals surface area (Å²) in [7, 11) is 0. The van der Waals surface area contributed by atoms with Crippen LogP contribution in [0.5, 0.6) is 0 Å². The first-order valence-electron chi connectivity index (χ1n) is 6.38. The molecule has 0 amide bonds. The highest BCUT2D eigenvalue weighted by molar-refractivity contribution is 4.74. The van der Waals surface area contributed by atoms with Gasteiger partial charge in [0.15, 0.2) is 0 Å². The Labute approximate surface area is 93.2 Å². The van der Waals surface area contributed by atoms with E-state index in [1.54, 1.807) is 0 Å². The van der Waals surface area contributed by atoms with Crippen molar-refractivity contribution in [2.45, 2.75) is 32.2 Å². The van der Waals surface area contributed by atoms with Gasteiger partial charge in [0.2, 0.25) is 0 Å². The van der Waals surface area contributed by atoms with E-state index in [0.717, 1.165) is 25.7 Å². The molecule has 2 aliphatic rings. The van der Waals surface area contributed by atoms with E-state index < -0.39 is 0 Å². The van der Waals surface area contributed by atoms with Crippen LogP contribution >= 0.6 is 0 Å². The van der Waals surface area contributed by atoms with Crippen LogP contribution in [-0.4, -0.2) is 50.3 Å². The van der Waals surface area contributed by atoms with Crippen LogP contribution in [0.1, 0.15) is 26.2 Å². The number of hydrogen-bond donors (Lipinski definition) is 1. The fourth-order valence-corrected chi connectivity index (χ4v) is 2.53. The minimum atomic E-state index is 0.628. The topological polar surface area (TPSA) is 24.5 Å². The Morgan fingerprint density at radius 3 is 2.87 bits per heavy atom. The monoisotopic (exact) mass is 212 g/mol. The number of nitrogens with one attached hydrogen (secondary N) is 1. The van der Waals surface area contributed by atoms with Crippen molar-refractivity contribution in [3.05, 3.63) is 0 Å². The lowest BCUT2D eigenvalue weighted by molar-refractivity contribution is 0.184. The molecule has 2 aliphatic heterocycles. The first-order chi connectivity index (χ1) is 7.34. The molecule has 2 atom stereocenters. The minimum absolute atomic E-state index is 0.628. The maximum absolute atomic E-state index is 5.37. The van der Waals surface area contributed by atoms with Gasteiger partial charge in [-0.05, 0) is 45.2 Å². The van der Waals surface area contributed by atoms with Crippen molar-refractivity contribution in [3.8, 4) is 0 Å². The number of nitrogens with zero attached hydrogens (tertiary/aromatic N) is 1. The molecule has 0 aliphatic carbocycles. The first-order valence-corrected chi connectivity index (χ1v) is 6.38. The maximum atomic E-state index is 5.37. The summed E-state index contributed by atoms with van der Waals surface area (Å²) in [5.74, 6) is 0.756. The van der Waals surface area contributed by atoms with Crippen molar-refractivity contribution in [2.75, 3.05) is 39.4 Å². The Kier molecular flexibility index (Phi) is 4.42. The number of likely N-dealkylation sites (tertiary alicyclic amines) is 1. The lowest BCUT2D eigenvalue weighted by atomic mass is 10.1. The van der Waals surface area contributed by atoms with Crippen molar-refractivity contribution in [1.82, 2.24) is 10.2 Å². The van der Waals surface area contributed by atoms with E-state index in [9.17, 15) is 0 Å². The van der Waals surface area contributed by atoms with Gasteiger partial charge in [-0.3, -0.25) is 0 Å². The number of rotatable bonds is 5. The predicted octanol–water partition coefficient (Wildman–Crippen LogP) is 1.10. The highest BCUT2D eigenvalue weighted by Crippen LogP contribution is 2.11. The van der Waals surface area contributed by atoms with E-state index in [1.807, 2.05) is 0 Å². The Morgan fingerprint density at radius 2 is 2.20 bits per heavy atom. The lowest BCUT2D eigenvalue weighted by Crippen LogP contribution is -2.40. The highest BCUT2D eigenvalue weighted by Gasteiger charge is 2.18. The molecule has 2 saturated heterocycles. The van der Waals surface area contributed by atoms with Gasteiger partial charge in [-0.25, -0.2) is 0 Å². The zero-order chi connectivity index (χ0) is 10.5. The standard InChI is InChI=1S/C12H24N2O/c1-11(9-14-5-2-3-6-14)13-8-12-4-7-15-10-12/h11-13H,2-10H2,1H3. The molecule has 0 aromatic rings. The summed E-state index contributed by atoms with van der Waals surface area (Å²) in [6, 6.07) is 0.628. The molecule has 0 spiro atoms. The number of hydrogen-bond acceptors (Lipinski definition) is 3. The average Bonchev–Trinajstić information content (AvgIpc) is 2.86. The van der Waals surface area contributed by atoms with Gasteiger partial charge >= 0.3 is 0 Å². The van der Waals surface area contributed by atoms with E-state index in [0.29, 0.717) is 6.04 Å². The zero-order valence-electron chi connectivity index (χ0n) is 9.87. The van der Waals surface area contributed by atoms with Gasteiger partial charge in [0.05, 0.1) is 6.61 Å². The predicted molar refractivity (Wildman–Crippen MR) is 62.1 cm³/mol. The fraction of sp³-hybridized carbons (Fsp3) is 1.00. The molecule has 2 fully saturated rings. The average molecular weight is 212 g/mol. The number of ether oxygens (including phenoxy) is 1. The third-order valence-electron chi connectivity index (χ3n) is 3.51. The molecular weight excluding hydrogens is 188 g/mol. The molecule has 88 valence electrons. The van der Waals surface area contributed by atoms with Crippen molar-refractivity contribution < 1.29 is 4.74 Å². The zero-order valence-corrected chi connectivity index (χ0v) is 9.87. The van der Waals surface area contributed by atoms with Crippen molar-refractivity contribution in [1.29, 1.82) is 0 Å². The normalized spacial score (nSPS) is 29.8. The van der Waals surface area contributed by atoms with Crippen LogP contribution in [0.25, 0.3) is 0 Å². The summed E-state index contributed by atoms with van der Waals surface area (Å²) >= 11 is 0. The second-order valence-electron chi connectivity index (χ2n) is 5.05. The molecule has 0 saturated carbocycles. The van der Waals surface area contributed by atoms with Crippen molar-refractivity contribution in [3.63, 3.8) is 0 Å². The van der Waals surface area contributed by atoms with Gasteiger partial charge in [0.25, 0.3) is 0 Å². The summed E-state index contributed by atoms with van der Waals surface area (Å²) in [5.41, 5.74) is 0. The van der Waals surface area contributed by atoms with Crippen molar-refractivity contribution >= 4 is 0 Å². The van der Waals surface area contributed by atoms with Gasteiger partial charge in [0.1, 0.15) is 0 Å². The smallest absolute Gasteiger partial charge is 0.0507 e. The molecule has 0 radical (unpaired) electrons. The van der Waals surface area contributed by atoms with Crippen molar-refractivity contribution in [2.24, 2.45) is 5.92 Å². The van der Waals surface area contributed by atoms with Crippen LogP contribution in [-0.2, 0) is 4.74 Å². The highest BCUT2D eigenvalue weighted by atomic mass is 16.5. The Balaban J connectivity index is 1.57. The van der Waals surface area contributed by atoms with Gasteiger partial charge in [0, 0.05) is 25.7 Å². The molecule has 0 aromatic carbocycles. The van der Waals surface area contributed by atoms with Crippen LogP contribution < -0.4 is 5.32 Å². The molecule has 1 N–H and O–H groups in total. The van der Waals surface area contributed by atoms with Gasteiger partial charge in [-0.2, -0.15) is 0 Å². The molecule has 3 nitrogen and oxygen atoms in total. The largest absolute Gasteiger partial charge is 0.381 e. The SMILES string of the molecule is CC(CN1CCCC1)NCC1CCOC1. The van der Waals surface area contributed by atoms with E-state index in [2.05, 4.69) is 17.1 Å². The van der Waals surface area contributed by atoms with Crippen LogP contribution in [0.2, 0.25) is 0 Å². The second kappa shape index (κ2) is 5.83. The van der Waals surface area contributed by atoms with Crippen LogP contribution in [0.4, 0.5) is 0 Å². The third-order valence-corrected chi connectivity index (χ3v) is 3.51. The Hall–Kier alpha value is -0.120. The molecule has 3 heteroatoms. The summed E-state index contributed by atoms with van der Waals surface area (Å²) in [5, 5.41) is 3.63. The van der Waals surface area contributed by atoms with Crippen LogP contribution in [0, 0.1) is 5.92 Å². The summed E-state index contributed by atoms with van der Waals surface area (Å²) in [6.45, 7) is 9.18. The molecule has 15 heavy (non-hydrogen) atoms. The van der Waals surface area contributed by atoms with E-state index >= 15 is 0 Å². The summed E-state index contributed by atoms with van der Waals surface area (Å²) in [4.78, 5) is 2.57. The van der Waals surface area contributed by atoms with E-state index in [4.69, 9.17) is 4.74 Å². The Bertz CT molecular complexity index is 174. The summed E-state index contributed by atoms with van der Waals surface area (Å²) < 4.78 is 5.37. The molecule has 2 heterocycles. The molecule has 2 unspecified atom stereocenters. The lowest BCUT2D eigenvalue weighted by Gasteiger charge is -2.22. The van der Waals surface area contributed by atoms with Gasteiger partial charge in [-0.1, -0.05) is 0 Å². The minimum Gasteiger partial charge on any atom is -0.381 e. The van der Waals surface area contributed by atoms with Crippen LogP contribution in [0.3, 0.4) is 0 Å². The van der Waals surface area contributed by atoms with Crippen LogP contribution in [0.15, 0.2) is 0 Å². The van der Waals surface area contributed by atoms with E-state index in [1.165, 1.54) is 38.9 Å². The fourth-order valence-electron chi connectivity index (χ4n) is 2.53. The quantitative estimate of drug-likeness (QED) is 0.738. The second-order valence-corrected chi connectivity index (χ2v) is 5.05. The molecule has 0 bridgehead atoms. The Morgan fingerprint density at radius 1 is 1.40 bits per heavy atom. The van der Waals surface area contributed by atoms with Gasteiger partial charge < -0.3 is 15.0 Å². The molecular formula is C12H24N2O. The maximum Gasteiger partial charge on any atom is 0.0507 e. The summed E-state index contributed by atoms with van der Waals surface area (Å²) in [6.07, 6.45) is 4.02. The van der Waals surface area contributed by atoms with Gasteiger partial charge in [-0.15, -0.1) is 0 Å². The molecule has 2 rings (SSSR count). The third kappa shape index (κ3) is 3.74. The molecule has 0 aromatic heterocycles. The first kappa shape index (κ1) is 11.4.